The highest BCUT2D eigenvalue weighted by atomic mass is 79.9. The molecule has 0 radical (unpaired) electrons. The molecule has 0 aliphatic rings. The highest BCUT2D eigenvalue weighted by Crippen LogP contribution is 2.20. The first-order chi connectivity index (χ1) is 9.58. The molecule has 1 unspecified atom stereocenters. The van der Waals surface area contributed by atoms with Gasteiger partial charge in [-0.1, -0.05) is 41.9 Å². The monoisotopic (exact) mass is 337 g/mol. The van der Waals surface area contributed by atoms with Gasteiger partial charge in [0, 0.05) is 4.47 Å². The lowest BCUT2D eigenvalue weighted by atomic mass is 10.1. The van der Waals surface area contributed by atoms with Crippen molar-refractivity contribution >= 4 is 15.9 Å². The first kappa shape index (κ1) is 15.1. The third kappa shape index (κ3) is 3.86. The number of nitrogens with one attached hydrogen (secondary N) is 1. The summed E-state index contributed by atoms with van der Waals surface area (Å²) in [4.78, 5) is 0. The zero-order valence-corrected chi connectivity index (χ0v) is 13.6. The summed E-state index contributed by atoms with van der Waals surface area (Å²) in [5.74, 6) is 1.48. The molecule has 6 heteroatoms. The van der Waals surface area contributed by atoms with Crippen LogP contribution in [-0.4, -0.2) is 26.8 Å². The van der Waals surface area contributed by atoms with E-state index in [4.69, 9.17) is 0 Å². The molecule has 0 aliphatic carbocycles. The average molecular weight is 338 g/mol. The summed E-state index contributed by atoms with van der Waals surface area (Å²) < 4.78 is 2.94. The summed E-state index contributed by atoms with van der Waals surface area (Å²) in [6.07, 6.45) is 0. The van der Waals surface area contributed by atoms with E-state index in [-0.39, 0.29) is 6.04 Å². The van der Waals surface area contributed by atoms with Crippen molar-refractivity contribution in [1.82, 2.24) is 25.5 Å². The van der Waals surface area contributed by atoms with Gasteiger partial charge >= 0.3 is 0 Å². The van der Waals surface area contributed by atoms with E-state index >= 15 is 0 Å². The van der Waals surface area contributed by atoms with Gasteiger partial charge < -0.3 is 5.32 Å². The summed E-state index contributed by atoms with van der Waals surface area (Å²) >= 11 is 3.45. The Balaban J connectivity index is 2.08. The minimum atomic E-state index is 0.119. The van der Waals surface area contributed by atoms with Crippen molar-refractivity contribution in [1.29, 1.82) is 0 Å². The van der Waals surface area contributed by atoms with Gasteiger partial charge in [0.25, 0.3) is 0 Å². The molecule has 2 rings (SSSR count). The van der Waals surface area contributed by atoms with E-state index in [1.807, 2.05) is 16.8 Å². The number of nitrogens with zero attached hydrogens (tertiary/aromatic N) is 4. The van der Waals surface area contributed by atoms with E-state index in [1.165, 1.54) is 5.56 Å². The predicted molar refractivity (Wildman–Crippen MR) is 82.3 cm³/mol. The molecule has 108 valence electrons. The van der Waals surface area contributed by atoms with Crippen LogP contribution in [0.15, 0.2) is 28.7 Å². The predicted octanol–water partition coefficient (Wildman–Crippen LogP) is 2.79. The molecular weight excluding hydrogens is 318 g/mol. The number of tetrazole rings is 1. The summed E-state index contributed by atoms with van der Waals surface area (Å²) in [5, 5.41) is 15.4. The maximum Gasteiger partial charge on any atom is 0.165 e. The molecule has 1 aromatic heterocycles. The maximum atomic E-state index is 4.12. The number of benzene rings is 1. The van der Waals surface area contributed by atoms with Gasteiger partial charge in [-0.25, -0.2) is 4.68 Å². The third-order valence-electron chi connectivity index (χ3n) is 3.12. The van der Waals surface area contributed by atoms with Gasteiger partial charge in [-0.05, 0) is 47.5 Å². The number of rotatable bonds is 6. The lowest BCUT2D eigenvalue weighted by molar-refractivity contribution is 0.488. The second kappa shape index (κ2) is 6.95. The first-order valence-corrected chi connectivity index (χ1v) is 7.60. The van der Waals surface area contributed by atoms with Gasteiger partial charge in [0.15, 0.2) is 5.82 Å². The summed E-state index contributed by atoms with van der Waals surface area (Å²) in [6.45, 7) is 8.11. The fourth-order valence-corrected chi connectivity index (χ4v) is 2.25. The van der Waals surface area contributed by atoms with E-state index < -0.39 is 0 Å². The van der Waals surface area contributed by atoms with Gasteiger partial charge in [-0.15, -0.1) is 5.10 Å². The number of hydrogen-bond acceptors (Lipinski definition) is 4. The first-order valence-electron chi connectivity index (χ1n) is 6.81. The Labute approximate surface area is 127 Å². The molecule has 0 fully saturated rings. The summed E-state index contributed by atoms with van der Waals surface area (Å²) in [6, 6.07) is 8.36. The Hall–Kier alpha value is -1.27. The van der Waals surface area contributed by atoms with Crippen LogP contribution in [0.1, 0.15) is 38.2 Å². The second-order valence-corrected chi connectivity index (χ2v) is 6.21. The SMILES string of the molecule is CC(C)CNCc1nnnn1C(C)c1ccc(Br)cc1. The molecule has 0 aliphatic heterocycles. The number of hydrogen-bond donors (Lipinski definition) is 1. The quantitative estimate of drug-likeness (QED) is 0.880. The largest absolute Gasteiger partial charge is 0.310 e. The molecule has 0 amide bonds. The Morgan fingerprint density at radius 2 is 1.90 bits per heavy atom. The summed E-state index contributed by atoms with van der Waals surface area (Å²) in [7, 11) is 0. The van der Waals surface area contributed by atoms with Gasteiger partial charge in [0.1, 0.15) is 0 Å². The molecule has 0 bridgehead atoms. The van der Waals surface area contributed by atoms with Crippen LogP contribution in [0.3, 0.4) is 0 Å². The zero-order chi connectivity index (χ0) is 14.5. The average Bonchev–Trinajstić information content (AvgIpc) is 2.87. The van der Waals surface area contributed by atoms with Crippen LogP contribution in [0.5, 0.6) is 0 Å². The van der Waals surface area contributed by atoms with E-state index in [1.54, 1.807) is 0 Å². The second-order valence-electron chi connectivity index (χ2n) is 5.29. The van der Waals surface area contributed by atoms with Crippen molar-refractivity contribution in [3.8, 4) is 0 Å². The van der Waals surface area contributed by atoms with Gasteiger partial charge in [0.05, 0.1) is 12.6 Å². The molecule has 5 nitrogen and oxygen atoms in total. The number of aromatic nitrogens is 4. The molecule has 1 heterocycles. The van der Waals surface area contributed by atoms with Crippen LogP contribution in [0.4, 0.5) is 0 Å². The van der Waals surface area contributed by atoms with E-state index in [0.717, 1.165) is 16.8 Å². The van der Waals surface area contributed by atoms with Crippen molar-refractivity contribution in [2.45, 2.75) is 33.4 Å². The Kier molecular flexibility index (Phi) is 5.25. The Morgan fingerprint density at radius 1 is 1.20 bits per heavy atom. The highest BCUT2D eigenvalue weighted by molar-refractivity contribution is 9.10. The van der Waals surface area contributed by atoms with Crippen molar-refractivity contribution in [2.75, 3.05) is 6.54 Å². The molecule has 1 atom stereocenters. The standard InChI is InChI=1S/C14H20BrN5/c1-10(2)8-16-9-14-17-18-19-20(14)11(3)12-4-6-13(15)7-5-12/h4-7,10-11,16H,8-9H2,1-3H3. The lowest BCUT2D eigenvalue weighted by Gasteiger charge is -2.14. The molecular formula is C14H20BrN5. The molecule has 0 saturated carbocycles. The van der Waals surface area contributed by atoms with E-state index in [2.05, 4.69) is 69.7 Å². The Bertz CT molecular complexity index is 535. The fourth-order valence-electron chi connectivity index (χ4n) is 1.98. The van der Waals surface area contributed by atoms with Crippen molar-refractivity contribution in [2.24, 2.45) is 5.92 Å². The minimum absolute atomic E-state index is 0.119. The van der Waals surface area contributed by atoms with Crippen LogP contribution in [0.25, 0.3) is 0 Å². The normalized spacial score (nSPS) is 12.8. The van der Waals surface area contributed by atoms with Gasteiger partial charge in [-0.2, -0.15) is 0 Å². The molecule has 1 N–H and O–H groups in total. The lowest BCUT2D eigenvalue weighted by Crippen LogP contribution is -2.23. The highest BCUT2D eigenvalue weighted by Gasteiger charge is 2.14. The van der Waals surface area contributed by atoms with Crippen LogP contribution < -0.4 is 5.32 Å². The Morgan fingerprint density at radius 3 is 2.55 bits per heavy atom. The van der Waals surface area contributed by atoms with Gasteiger partial charge in [0.2, 0.25) is 0 Å². The van der Waals surface area contributed by atoms with Crippen LogP contribution in [0.2, 0.25) is 0 Å². The smallest absolute Gasteiger partial charge is 0.165 e. The zero-order valence-electron chi connectivity index (χ0n) is 12.0. The summed E-state index contributed by atoms with van der Waals surface area (Å²) in [5.41, 5.74) is 1.19. The molecule has 0 spiro atoms. The molecule has 1 aromatic carbocycles. The number of halogens is 1. The van der Waals surface area contributed by atoms with Crippen molar-refractivity contribution in [3.05, 3.63) is 40.1 Å². The maximum absolute atomic E-state index is 4.12. The van der Waals surface area contributed by atoms with E-state index in [9.17, 15) is 0 Å². The van der Waals surface area contributed by atoms with Gasteiger partial charge in [-0.3, -0.25) is 0 Å². The third-order valence-corrected chi connectivity index (χ3v) is 3.64. The molecule has 0 saturated heterocycles. The minimum Gasteiger partial charge on any atom is -0.310 e. The topological polar surface area (TPSA) is 55.6 Å². The van der Waals surface area contributed by atoms with Crippen molar-refractivity contribution in [3.63, 3.8) is 0 Å². The molecule has 20 heavy (non-hydrogen) atoms. The van der Waals surface area contributed by atoms with Crippen LogP contribution in [0, 0.1) is 5.92 Å². The fraction of sp³-hybridized carbons (Fsp3) is 0.500. The molecule has 2 aromatic rings. The van der Waals surface area contributed by atoms with E-state index in [0.29, 0.717) is 12.5 Å². The van der Waals surface area contributed by atoms with Crippen LogP contribution in [-0.2, 0) is 6.54 Å². The van der Waals surface area contributed by atoms with Crippen LogP contribution >= 0.6 is 15.9 Å². The van der Waals surface area contributed by atoms with Crippen molar-refractivity contribution < 1.29 is 0 Å².